The molecule has 1 rings (SSSR count). The van der Waals surface area contributed by atoms with Crippen LogP contribution in [0.25, 0.3) is 0 Å². The topological polar surface area (TPSA) is 66.4 Å². The van der Waals surface area contributed by atoms with Gasteiger partial charge in [0.2, 0.25) is 5.91 Å². The highest BCUT2D eigenvalue weighted by molar-refractivity contribution is 5.83. The van der Waals surface area contributed by atoms with Crippen LogP contribution in [0.1, 0.15) is 39.5 Å². The van der Waals surface area contributed by atoms with E-state index in [0.717, 1.165) is 12.8 Å². The number of carboxylic acids is 1. The summed E-state index contributed by atoms with van der Waals surface area (Å²) in [5.74, 6) is -0.143. The molecule has 0 aromatic rings. The third-order valence-electron chi connectivity index (χ3n) is 2.79. The summed E-state index contributed by atoms with van der Waals surface area (Å²) in [5.41, 5.74) is 0. The lowest BCUT2D eigenvalue weighted by Gasteiger charge is -2.18. The fraction of sp³-hybridized carbons (Fsp3) is 0.818. The summed E-state index contributed by atoms with van der Waals surface area (Å²) in [7, 11) is 0. The molecule has 1 amide bonds. The molecule has 0 aromatic heterocycles. The summed E-state index contributed by atoms with van der Waals surface area (Å²) in [4.78, 5) is 22.1. The Labute approximate surface area is 90.0 Å². The molecule has 4 nitrogen and oxygen atoms in total. The van der Waals surface area contributed by atoms with Gasteiger partial charge in [-0.2, -0.15) is 0 Å². The van der Waals surface area contributed by atoms with Gasteiger partial charge in [-0.15, -0.1) is 0 Å². The molecular formula is C11H19NO3. The fourth-order valence-electron chi connectivity index (χ4n) is 2.16. The summed E-state index contributed by atoms with van der Waals surface area (Å²) in [6.07, 6.45) is 2.84. The van der Waals surface area contributed by atoms with Gasteiger partial charge in [-0.1, -0.05) is 13.8 Å². The van der Waals surface area contributed by atoms with Gasteiger partial charge in [-0.25, -0.2) is 4.79 Å². The zero-order valence-electron chi connectivity index (χ0n) is 9.32. The van der Waals surface area contributed by atoms with Crippen LogP contribution in [-0.4, -0.2) is 23.0 Å². The van der Waals surface area contributed by atoms with E-state index in [-0.39, 0.29) is 5.91 Å². The molecular weight excluding hydrogens is 194 g/mol. The smallest absolute Gasteiger partial charge is 0.326 e. The first-order chi connectivity index (χ1) is 6.99. The summed E-state index contributed by atoms with van der Waals surface area (Å²) >= 11 is 0. The van der Waals surface area contributed by atoms with Crippen molar-refractivity contribution in [1.82, 2.24) is 5.32 Å². The average Bonchev–Trinajstić information content (AvgIpc) is 2.27. The van der Waals surface area contributed by atoms with Crippen LogP contribution in [0.5, 0.6) is 0 Å². The SMILES string of the molecule is CC(C)CC1CCC(=O)NC(C(=O)O)C1. The van der Waals surface area contributed by atoms with Gasteiger partial charge in [-0.3, -0.25) is 4.79 Å². The van der Waals surface area contributed by atoms with Gasteiger partial charge in [0.25, 0.3) is 0 Å². The molecule has 2 N–H and O–H groups in total. The normalized spacial score (nSPS) is 27.3. The number of carbonyl (C=O) groups is 2. The first-order valence-electron chi connectivity index (χ1n) is 5.51. The number of carbonyl (C=O) groups excluding carboxylic acids is 1. The van der Waals surface area contributed by atoms with Gasteiger partial charge < -0.3 is 10.4 Å². The number of nitrogens with one attached hydrogen (secondary N) is 1. The van der Waals surface area contributed by atoms with Crippen molar-refractivity contribution in [3.63, 3.8) is 0 Å². The molecule has 0 saturated carbocycles. The van der Waals surface area contributed by atoms with Gasteiger partial charge in [0.15, 0.2) is 0 Å². The molecule has 0 aliphatic carbocycles. The number of amides is 1. The second kappa shape index (κ2) is 5.14. The Balaban J connectivity index is 2.60. The Morgan fingerprint density at radius 2 is 2.27 bits per heavy atom. The van der Waals surface area contributed by atoms with E-state index in [0.29, 0.717) is 24.7 Å². The lowest BCUT2D eigenvalue weighted by Crippen LogP contribution is -2.39. The Hall–Kier alpha value is -1.06. The van der Waals surface area contributed by atoms with Crippen molar-refractivity contribution in [3.05, 3.63) is 0 Å². The Morgan fingerprint density at radius 1 is 1.60 bits per heavy atom. The highest BCUT2D eigenvalue weighted by Gasteiger charge is 2.28. The van der Waals surface area contributed by atoms with Crippen molar-refractivity contribution in [1.29, 1.82) is 0 Å². The van der Waals surface area contributed by atoms with E-state index in [1.807, 2.05) is 0 Å². The number of hydrogen-bond acceptors (Lipinski definition) is 2. The zero-order chi connectivity index (χ0) is 11.4. The molecule has 86 valence electrons. The van der Waals surface area contributed by atoms with E-state index >= 15 is 0 Å². The highest BCUT2D eigenvalue weighted by Crippen LogP contribution is 2.24. The van der Waals surface area contributed by atoms with Gasteiger partial charge in [-0.05, 0) is 31.1 Å². The second-order valence-electron chi connectivity index (χ2n) is 4.73. The summed E-state index contributed by atoms with van der Waals surface area (Å²) < 4.78 is 0. The molecule has 1 fully saturated rings. The maximum absolute atomic E-state index is 11.3. The first kappa shape index (κ1) is 12.0. The standard InChI is InChI=1S/C11H19NO3/c1-7(2)5-8-3-4-10(13)12-9(6-8)11(14)15/h7-9H,3-6H2,1-2H3,(H,12,13)(H,14,15). The fourth-order valence-corrected chi connectivity index (χ4v) is 2.16. The van der Waals surface area contributed by atoms with Crippen LogP contribution in [0.4, 0.5) is 0 Å². The minimum absolute atomic E-state index is 0.131. The minimum atomic E-state index is -0.918. The van der Waals surface area contributed by atoms with E-state index in [1.54, 1.807) is 0 Å². The van der Waals surface area contributed by atoms with Crippen LogP contribution in [0.2, 0.25) is 0 Å². The van der Waals surface area contributed by atoms with Crippen LogP contribution in [-0.2, 0) is 9.59 Å². The van der Waals surface area contributed by atoms with E-state index < -0.39 is 12.0 Å². The molecule has 1 heterocycles. The van der Waals surface area contributed by atoms with Crippen LogP contribution < -0.4 is 5.32 Å². The van der Waals surface area contributed by atoms with E-state index in [9.17, 15) is 9.59 Å². The minimum Gasteiger partial charge on any atom is -0.480 e. The molecule has 1 aliphatic heterocycles. The predicted molar refractivity (Wildman–Crippen MR) is 56.4 cm³/mol. The molecule has 2 unspecified atom stereocenters. The van der Waals surface area contributed by atoms with Crippen molar-refractivity contribution in [2.45, 2.75) is 45.6 Å². The van der Waals surface area contributed by atoms with Gasteiger partial charge in [0, 0.05) is 6.42 Å². The third kappa shape index (κ3) is 3.90. The molecule has 0 bridgehead atoms. The summed E-state index contributed by atoms with van der Waals surface area (Å²) in [6.45, 7) is 4.24. The lowest BCUT2D eigenvalue weighted by molar-refractivity contribution is -0.141. The van der Waals surface area contributed by atoms with Crippen molar-refractivity contribution in [2.75, 3.05) is 0 Å². The predicted octanol–water partition coefficient (Wildman–Crippen LogP) is 1.40. The molecule has 0 aromatic carbocycles. The number of carboxylic acid groups (broad SMARTS) is 1. The number of rotatable bonds is 3. The molecule has 1 saturated heterocycles. The molecule has 0 radical (unpaired) electrons. The van der Waals surface area contributed by atoms with Gasteiger partial charge in [0.1, 0.15) is 6.04 Å². The third-order valence-corrected chi connectivity index (χ3v) is 2.79. The molecule has 1 aliphatic rings. The summed E-state index contributed by atoms with van der Waals surface area (Å²) in [6, 6.07) is -0.691. The first-order valence-corrected chi connectivity index (χ1v) is 5.51. The monoisotopic (exact) mass is 213 g/mol. The number of aliphatic carboxylic acids is 1. The van der Waals surface area contributed by atoms with Crippen molar-refractivity contribution in [2.24, 2.45) is 11.8 Å². The van der Waals surface area contributed by atoms with Gasteiger partial charge in [0.05, 0.1) is 0 Å². The largest absolute Gasteiger partial charge is 0.480 e. The second-order valence-corrected chi connectivity index (χ2v) is 4.73. The quantitative estimate of drug-likeness (QED) is 0.744. The maximum atomic E-state index is 11.3. The zero-order valence-corrected chi connectivity index (χ0v) is 9.32. The van der Waals surface area contributed by atoms with Crippen LogP contribution in [0.15, 0.2) is 0 Å². The van der Waals surface area contributed by atoms with E-state index in [2.05, 4.69) is 19.2 Å². The van der Waals surface area contributed by atoms with Crippen LogP contribution in [0.3, 0.4) is 0 Å². The van der Waals surface area contributed by atoms with Gasteiger partial charge >= 0.3 is 5.97 Å². The Kier molecular flexibility index (Phi) is 4.12. The van der Waals surface area contributed by atoms with Crippen LogP contribution >= 0.6 is 0 Å². The number of hydrogen-bond donors (Lipinski definition) is 2. The molecule has 4 heteroatoms. The molecule has 0 spiro atoms. The van der Waals surface area contributed by atoms with Crippen molar-refractivity contribution < 1.29 is 14.7 Å². The maximum Gasteiger partial charge on any atom is 0.326 e. The lowest BCUT2D eigenvalue weighted by atomic mass is 9.89. The van der Waals surface area contributed by atoms with Crippen molar-refractivity contribution in [3.8, 4) is 0 Å². The Bertz CT molecular complexity index is 250. The average molecular weight is 213 g/mol. The Morgan fingerprint density at radius 3 is 2.80 bits per heavy atom. The van der Waals surface area contributed by atoms with E-state index in [1.165, 1.54) is 0 Å². The molecule has 2 atom stereocenters. The van der Waals surface area contributed by atoms with Crippen molar-refractivity contribution >= 4 is 11.9 Å². The van der Waals surface area contributed by atoms with Crippen LogP contribution in [0, 0.1) is 11.8 Å². The summed E-state index contributed by atoms with van der Waals surface area (Å²) in [5, 5.41) is 11.5. The van der Waals surface area contributed by atoms with E-state index in [4.69, 9.17) is 5.11 Å². The molecule has 15 heavy (non-hydrogen) atoms. The highest BCUT2D eigenvalue weighted by atomic mass is 16.4.